The molecule has 0 bridgehead atoms. The Kier molecular flexibility index (Phi) is 7.60. The van der Waals surface area contributed by atoms with Crippen molar-refractivity contribution in [1.82, 2.24) is 10.2 Å². The van der Waals surface area contributed by atoms with Gasteiger partial charge >= 0.3 is 0 Å². The lowest BCUT2D eigenvalue weighted by Gasteiger charge is -2.37. The zero-order valence-electron chi connectivity index (χ0n) is 14.2. The van der Waals surface area contributed by atoms with Crippen molar-refractivity contribution in [2.75, 3.05) is 32.8 Å². The quantitative estimate of drug-likeness (QED) is 0.845. The van der Waals surface area contributed by atoms with Gasteiger partial charge in [-0.05, 0) is 38.5 Å². The Balaban J connectivity index is 0.00000192. The molecule has 0 aromatic carbocycles. The van der Waals surface area contributed by atoms with Gasteiger partial charge in [0.05, 0.1) is 18.8 Å². The van der Waals surface area contributed by atoms with Crippen LogP contribution >= 0.6 is 12.4 Å². The Bertz CT molecular complexity index is 369. The first-order valence-electron chi connectivity index (χ1n) is 8.99. The van der Waals surface area contributed by atoms with Gasteiger partial charge < -0.3 is 19.7 Å². The summed E-state index contributed by atoms with van der Waals surface area (Å²) in [5.74, 6) is 0.977. The van der Waals surface area contributed by atoms with E-state index >= 15 is 0 Å². The molecule has 1 amide bonds. The second kappa shape index (κ2) is 9.21. The average Bonchev–Trinajstić information content (AvgIpc) is 3.07. The van der Waals surface area contributed by atoms with E-state index in [0.717, 1.165) is 45.0 Å². The Hall–Kier alpha value is -0.360. The van der Waals surface area contributed by atoms with Crippen LogP contribution in [0.15, 0.2) is 0 Å². The van der Waals surface area contributed by atoms with Gasteiger partial charge in [0.1, 0.15) is 6.04 Å². The molecule has 0 spiro atoms. The number of piperidine rings is 1. The third kappa shape index (κ3) is 5.05. The third-order valence-electron chi connectivity index (χ3n) is 5.38. The lowest BCUT2D eigenvalue weighted by molar-refractivity contribution is -0.142. The van der Waals surface area contributed by atoms with Gasteiger partial charge in [-0.25, -0.2) is 0 Å². The monoisotopic (exact) mass is 346 g/mol. The molecule has 3 fully saturated rings. The maximum atomic E-state index is 12.6. The summed E-state index contributed by atoms with van der Waals surface area (Å²) in [6.07, 6.45) is 7.67. The van der Waals surface area contributed by atoms with E-state index < -0.39 is 0 Å². The van der Waals surface area contributed by atoms with Crippen molar-refractivity contribution in [2.45, 2.75) is 63.7 Å². The molecule has 5 nitrogen and oxygen atoms in total. The summed E-state index contributed by atoms with van der Waals surface area (Å²) in [6.45, 7) is 6.00. The molecule has 23 heavy (non-hydrogen) atoms. The SMILES string of the molecule is C[C@H]1OCCN[C@@H]1C(=O)N1CCC(OCC2CCCC2)CC1.Cl. The Labute approximate surface area is 145 Å². The van der Waals surface area contributed by atoms with E-state index in [-0.39, 0.29) is 30.5 Å². The third-order valence-corrected chi connectivity index (χ3v) is 5.38. The number of morpholine rings is 1. The molecule has 1 aliphatic carbocycles. The predicted octanol–water partition coefficient (Wildman–Crippen LogP) is 1.98. The highest BCUT2D eigenvalue weighted by Gasteiger charge is 2.33. The van der Waals surface area contributed by atoms with Gasteiger partial charge in [0.25, 0.3) is 0 Å². The maximum Gasteiger partial charge on any atom is 0.242 e. The number of carbonyl (C=O) groups is 1. The second-order valence-electron chi connectivity index (χ2n) is 7.02. The Morgan fingerprint density at radius 3 is 2.57 bits per heavy atom. The zero-order chi connectivity index (χ0) is 15.4. The molecule has 0 radical (unpaired) electrons. The lowest BCUT2D eigenvalue weighted by atomic mass is 10.0. The second-order valence-corrected chi connectivity index (χ2v) is 7.02. The minimum atomic E-state index is -0.176. The van der Waals surface area contributed by atoms with Gasteiger partial charge in [-0.2, -0.15) is 0 Å². The van der Waals surface area contributed by atoms with E-state index in [4.69, 9.17) is 9.47 Å². The number of carbonyl (C=O) groups excluding carboxylic acids is 1. The largest absolute Gasteiger partial charge is 0.378 e. The van der Waals surface area contributed by atoms with Gasteiger partial charge in [-0.1, -0.05) is 12.8 Å². The summed E-state index contributed by atoms with van der Waals surface area (Å²) in [7, 11) is 0. The van der Waals surface area contributed by atoms with Crippen LogP contribution < -0.4 is 5.32 Å². The van der Waals surface area contributed by atoms with Crippen LogP contribution in [-0.4, -0.2) is 61.9 Å². The first-order valence-corrected chi connectivity index (χ1v) is 8.99. The van der Waals surface area contributed by atoms with Crippen LogP contribution in [0.3, 0.4) is 0 Å². The standard InChI is InChI=1S/C17H30N2O3.ClH/c1-13-16(18-8-11-21-13)17(20)19-9-6-15(7-10-19)22-12-14-4-2-3-5-14;/h13-16,18H,2-12H2,1H3;1H/t13-,16+;/m1./s1. The number of rotatable bonds is 4. The number of hydrogen-bond donors (Lipinski definition) is 1. The van der Waals surface area contributed by atoms with Crippen LogP contribution in [0.25, 0.3) is 0 Å². The van der Waals surface area contributed by atoms with E-state index in [1.807, 2.05) is 11.8 Å². The van der Waals surface area contributed by atoms with Crippen LogP contribution in [-0.2, 0) is 14.3 Å². The van der Waals surface area contributed by atoms with E-state index in [1.54, 1.807) is 0 Å². The minimum absolute atomic E-state index is 0. The van der Waals surface area contributed by atoms with Crippen molar-refractivity contribution in [3.8, 4) is 0 Å². The molecule has 1 saturated carbocycles. The number of amides is 1. The number of likely N-dealkylation sites (tertiary alicyclic amines) is 1. The molecule has 2 saturated heterocycles. The lowest BCUT2D eigenvalue weighted by Crippen LogP contribution is -2.57. The first kappa shape index (κ1) is 19.0. The number of nitrogens with one attached hydrogen (secondary N) is 1. The highest BCUT2D eigenvalue weighted by atomic mass is 35.5. The highest BCUT2D eigenvalue weighted by Crippen LogP contribution is 2.26. The molecule has 3 aliphatic rings. The molecule has 2 atom stereocenters. The summed E-state index contributed by atoms with van der Waals surface area (Å²) in [5, 5.41) is 3.29. The van der Waals surface area contributed by atoms with Crippen molar-refractivity contribution in [1.29, 1.82) is 0 Å². The average molecular weight is 347 g/mol. The van der Waals surface area contributed by atoms with Crippen molar-refractivity contribution in [2.24, 2.45) is 5.92 Å². The van der Waals surface area contributed by atoms with E-state index in [9.17, 15) is 4.79 Å². The number of hydrogen-bond acceptors (Lipinski definition) is 4. The van der Waals surface area contributed by atoms with Gasteiger partial charge in [0.2, 0.25) is 5.91 Å². The molecule has 134 valence electrons. The number of halogens is 1. The van der Waals surface area contributed by atoms with Crippen molar-refractivity contribution < 1.29 is 14.3 Å². The van der Waals surface area contributed by atoms with Crippen molar-refractivity contribution in [3.63, 3.8) is 0 Å². The smallest absolute Gasteiger partial charge is 0.242 e. The van der Waals surface area contributed by atoms with E-state index in [2.05, 4.69) is 5.32 Å². The first-order chi connectivity index (χ1) is 10.7. The molecule has 2 heterocycles. The molecule has 0 aromatic heterocycles. The predicted molar refractivity (Wildman–Crippen MR) is 92.0 cm³/mol. The van der Waals surface area contributed by atoms with Gasteiger partial charge in [-0.3, -0.25) is 4.79 Å². The van der Waals surface area contributed by atoms with Crippen LogP contribution in [0.1, 0.15) is 45.4 Å². The summed E-state index contributed by atoms with van der Waals surface area (Å²) in [6, 6.07) is -0.176. The fourth-order valence-electron chi connectivity index (χ4n) is 3.90. The van der Waals surface area contributed by atoms with Crippen molar-refractivity contribution >= 4 is 18.3 Å². The molecule has 1 N–H and O–H groups in total. The highest BCUT2D eigenvalue weighted by molar-refractivity contribution is 5.85. The van der Waals surface area contributed by atoms with Crippen LogP contribution in [0.4, 0.5) is 0 Å². The van der Waals surface area contributed by atoms with E-state index in [0.29, 0.717) is 12.7 Å². The molecule has 2 aliphatic heterocycles. The topological polar surface area (TPSA) is 50.8 Å². The fourth-order valence-corrected chi connectivity index (χ4v) is 3.90. The number of ether oxygens (including phenoxy) is 2. The zero-order valence-corrected chi connectivity index (χ0v) is 15.0. The molecular formula is C17H31ClN2O3. The van der Waals surface area contributed by atoms with E-state index in [1.165, 1.54) is 25.7 Å². The summed E-state index contributed by atoms with van der Waals surface area (Å²) in [5.41, 5.74) is 0. The Morgan fingerprint density at radius 1 is 1.22 bits per heavy atom. The maximum absolute atomic E-state index is 12.6. The molecule has 0 aromatic rings. The Morgan fingerprint density at radius 2 is 1.91 bits per heavy atom. The summed E-state index contributed by atoms with van der Waals surface area (Å²) >= 11 is 0. The molecule has 0 unspecified atom stereocenters. The van der Waals surface area contributed by atoms with Crippen molar-refractivity contribution in [3.05, 3.63) is 0 Å². The van der Waals surface area contributed by atoms with Crippen LogP contribution in [0.5, 0.6) is 0 Å². The van der Waals surface area contributed by atoms with Crippen LogP contribution in [0, 0.1) is 5.92 Å². The normalized spacial score (nSPS) is 30.2. The van der Waals surface area contributed by atoms with Gasteiger partial charge in [-0.15, -0.1) is 12.4 Å². The minimum Gasteiger partial charge on any atom is -0.378 e. The summed E-state index contributed by atoms with van der Waals surface area (Å²) in [4.78, 5) is 14.6. The van der Waals surface area contributed by atoms with Gasteiger partial charge in [0.15, 0.2) is 0 Å². The van der Waals surface area contributed by atoms with Crippen LogP contribution in [0.2, 0.25) is 0 Å². The molecule has 3 rings (SSSR count). The van der Waals surface area contributed by atoms with Gasteiger partial charge in [0, 0.05) is 26.2 Å². The number of nitrogens with zero attached hydrogens (tertiary/aromatic N) is 1. The molecular weight excluding hydrogens is 316 g/mol. The fraction of sp³-hybridized carbons (Fsp3) is 0.941. The summed E-state index contributed by atoms with van der Waals surface area (Å²) < 4.78 is 11.7. The molecule has 6 heteroatoms.